The molecule has 0 fully saturated rings. The van der Waals surface area contributed by atoms with Crippen LogP contribution in [0.15, 0.2) is 22.7 Å². The number of hydrogen-bond donors (Lipinski definition) is 2. The maximum Gasteiger partial charge on any atom is 0.319 e. The molecule has 0 radical (unpaired) electrons. The highest BCUT2D eigenvalue weighted by Gasteiger charge is 2.11. The quantitative estimate of drug-likeness (QED) is 0.858. The molecular weight excluding hydrogens is 304 g/mol. The van der Waals surface area contributed by atoms with Crippen LogP contribution in [0.4, 0.5) is 10.5 Å². The monoisotopic (exact) mass is 318 g/mol. The largest absolute Gasteiger partial charge is 0.335 e. The fraction of sp³-hybridized carbons (Fsp3) is 0.417. The van der Waals surface area contributed by atoms with Gasteiger partial charge in [0.1, 0.15) is 0 Å². The number of halogens is 2. The second-order valence-corrected chi connectivity index (χ2v) is 5.58. The molecule has 5 heteroatoms. The molecule has 0 aliphatic carbocycles. The molecule has 2 N–H and O–H groups in total. The third-order valence-electron chi connectivity index (χ3n) is 2.54. The van der Waals surface area contributed by atoms with Gasteiger partial charge in [-0.25, -0.2) is 4.79 Å². The van der Waals surface area contributed by atoms with Crippen LogP contribution in [0, 0.1) is 5.92 Å². The molecule has 1 rings (SSSR count). The topological polar surface area (TPSA) is 41.1 Å². The van der Waals surface area contributed by atoms with Crippen molar-refractivity contribution in [2.75, 3.05) is 5.32 Å². The van der Waals surface area contributed by atoms with Crippen molar-refractivity contribution >= 4 is 39.2 Å². The Kier molecular flexibility index (Phi) is 5.28. The first-order chi connectivity index (χ1) is 7.90. The molecule has 0 saturated heterocycles. The first-order valence-electron chi connectivity index (χ1n) is 5.42. The van der Waals surface area contributed by atoms with E-state index in [4.69, 9.17) is 11.6 Å². The Hall–Kier alpha value is -0.740. The predicted octanol–water partition coefficient (Wildman–Crippen LogP) is 4.27. The Bertz CT molecular complexity index is 409. The number of amides is 2. The van der Waals surface area contributed by atoms with E-state index in [1.807, 2.05) is 13.0 Å². The van der Waals surface area contributed by atoms with Crippen LogP contribution in [0.25, 0.3) is 0 Å². The van der Waals surface area contributed by atoms with E-state index in [-0.39, 0.29) is 12.1 Å². The van der Waals surface area contributed by atoms with Gasteiger partial charge in [-0.1, -0.05) is 41.4 Å². The van der Waals surface area contributed by atoms with E-state index in [2.05, 4.69) is 40.4 Å². The Balaban J connectivity index is 2.62. The Morgan fingerprint density at radius 1 is 1.35 bits per heavy atom. The second-order valence-electron chi connectivity index (χ2n) is 4.26. The summed E-state index contributed by atoms with van der Waals surface area (Å²) >= 11 is 9.31. The molecule has 17 heavy (non-hydrogen) atoms. The first-order valence-corrected chi connectivity index (χ1v) is 6.60. The van der Waals surface area contributed by atoms with Crippen molar-refractivity contribution in [2.24, 2.45) is 5.92 Å². The molecule has 1 aromatic rings. The molecule has 0 aromatic heterocycles. The minimum atomic E-state index is -0.240. The average Bonchev–Trinajstić information content (AvgIpc) is 2.22. The van der Waals surface area contributed by atoms with Crippen molar-refractivity contribution in [1.82, 2.24) is 5.32 Å². The van der Waals surface area contributed by atoms with Gasteiger partial charge in [0.05, 0.1) is 10.7 Å². The lowest BCUT2D eigenvalue weighted by atomic mass is 10.1. The van der Waals surface area contributed by atoms with Crippen LogP contribution in [0.3, 0.4) is 0 Å². The molecule has 1 atom stereocenters. The number of urea groups is 1. The van der Waals surface area contributed by atoms with Gasteiger partial charge in [0.25, 0.3) is 0 Å². The molecule has 1 aromatic carbocycles. The summed E-state index contributed by atoms with van der Waals surface area (Å²) in [5.74, 6) is 0.390. The number of benzene rings is 1. The molecule has 3 nitrogen and oxygen atoms in total. The number of hydrogen-bond acceptors (Lipinski definition) is 1. The molecule has 94 valence electrons. The zero-order chi connectivity index (χ0) is 13.0. The average molecular weight is 320 g/mol. The van der Waals surface area contributed by atoms with Gasteiger partial charge >= 0.3 is 6.03 Å². The second kappa shape index (κ2) is 6.26. The third kappa shape index (κ3) is 4.56. The van der Waals surface area contributed by atoms with Gasteiger partial charge in [-0.2, -0.15) is 0 Å². The number of nitrogens with one attached hydrogen (secondary N) is 2. The van der Waals surface area contributed by atoms with Crippen molar-refractivity contribution in [2.45, 2.75) is 26.8 Å². The minimum Gasteiger partial charge on any atom is -0.335 e. The highest BCUT2D eigenvalue weighted by Crippen LogP contribution is 2.25. The van der Waals surface area contributed by atoms with E-state index < -0.39 is 0 Å². The smallest absolute Gasteiger partial charge is 0.319 e. The summed E-state index contributed by atoms with van der Waals surface area (Å²) in [6.45, 7) is 6.07. The van der Waals surface area contributed by atoms with Crippen molar-refractivity contribution in [3.8, 4) is 0 Å². The highest BCUT2D eigenvalue weighted by atomic mass is 79.9. The van der Waals surface area contributed by atoms with Gasteiger partial charge in [0.2, 0.25) is 0 Å². The van der Waals surface area contributed by atoms with E-state index in [0.717, 1.165) is 4.47 Å². The summed E-state index contributed by atoms with van der Waals surface area (Å²) in [4.78, 5) is 11.7. The van der Waals surface area contributed by atoms with Gasteiger partial charge in [-0.15, -0.1) is 0 Å². The van der Waals surface area contributed by atoms with Gasteiger partial charge in [0, 0.05) is 10.5 Å². The third-order valence-corrected chi connectivity index (χ3v) is 3.34. The minimum absolute atomic E-state index is 0.115. The van der Waals surface area contributed by atoms with Crippen LogP contribution in [-0.4, -0.2) is 12.1 Å². The molecule has 0 spiro atoms. The number of rotatable bonds is 3. The van der Waals surface area contributed by atoms with Gasteiger partial charge in [0.15, 0.2) is 0 Å². The summed E-state index contributed by atoms with van der Waals surface area (Å²) < 4.78 is 0.879. The number of carbonyl (C=O) groups is 1. The lowest BCUT2D eigenvalue weighted by molar-refractivity contribution is 0.246. The lowest BCUT2D eigenvalue weighted by Gasteiger charge is -2.18. The van der Waals surface area contributed by atoms with Crippen LogP contribution >= 0.6 is 27.5 Å². The molecule has 0 aliphatic rings. The molecule has 0 bridgehead atoms. The van der Waals surface area contributed by atoms with Crippen LogP contribution in [-0.2, 0) is 0 Å². The fourth-order valence-electron chi connectivity index (χ4n) is 1.12. The van der Waals surface area contributed by atoms with Gasteiger partial charge in [-0.3, -0.25) is 0 Å². The summed E-state index contributed by atoms with van der Waals surface area (Å²) in [6, 6.07) is 5.20. The van der Waals surface area contributed by atoms with Gasteiger partial charge in [-0.05, 0) is 31.0 Å². The molecule has 0 saturated carbocycles. The molecule has 1 unspecified atom stereocenters. The number of anilines is 1. The van der Waals surface area contributed by atoms with E-state index in [0.29, 0.717) is 16.6 Å². The standard InChI is InChI=1S/C12H16BrClN2O/c1-7(2)8(3)15-12(17)16-11-5-4-9(13)6-10(11)14/h4-8H,1-3H3,(H2,15,16,17). The van der Waals surface area contributed by atoms with Crippen molar-refractivity contribution in [3.63, 3.8) is 0 Å². The Labute approximate surface area is 115 Å². The van der Waals surface area contributed by atoms with E-state index in [9.17, 15) is 4.79 Å². The van der Waals surface area contributed by atoms with Crippen LogP contribution < -0.4 is 10.6 Å². The summed E-state index contributed by atoms with van der Waals surface area (Å²) in [5, 5.41) is 6.08. The van der Waals surface area contributed by atoms with E-state index >= 15 is 0 Å². The molecular formula is C12H16BrClN2O. The number of carbonyl (C=O) groups excluding carboxylic acids is 1. The normalized spacial score (nSPS) is 12.4. The SMILES string of the molecule is CC(C)C(C)NC(=O)Nc1ccc(Br)cc1Cl. The summed E-state index contributed by atoms with van der Waals surface area (Å²) in [7, 11) is 0. The zero-order valence-electron chi connectivity index (χ0n) is 10.1. The Morgan fingerprint density at radius 2 is 2.00 bits per heavy atom. The molecule has 0 aliphatic heterocycles. The fourth-order valence-corrected chi connectivity index (χ4v) is 1.84. The van der Waals surface area contributed by atoms with E-state index in [1.165, 1.54) is 0 Å². The van der Waals surface area contributed by atoms with Gasteiger partial charge < -0.3 is 10.6 Å². The lowest BCUT2D eigenvalue weighted by Crippen LogP contribution is -2.39. The molecule has 0 heterocycles. The van der Waals surface area contributed by atoms with E-state index in [1.54, 1.807) is 12.1 Å². The van der Waals surface area contributed by atoms with Crippen LogP contribution in [0.2, 0.25) is 5.02 Å². The van der Waals surface area contributed by atoms with Crippen molar-refractivity contribution in [1.29, 1.82) is 0 Å². The maximum atomic E-state index is 11.7. The zero-order valence-corrected chi connectivity index (χ0v) is 12.4. The van der Waals surface area contributed by atoms with Crippen LogP contribution in [0.1, 0.15) is 20.8 Å². The van der Waals surface area contributed by atoms with Crippen molar-refractivity contribution < 1.29 is 4.79 Å². The van der Waals surface area contributed by atoms with Crippen LogP contribution in [0.5, 0.6) is 0 Å². The Morgan fingerprint density at radius 3 is 2.53 bits per heavy atom. The molecule has 2 amide bonds. The summed E-state index contributed by atoms with van der Waals surface area (Å²) in [6.07, 6.45) is 0. The first kappa shape index (κ1) is 14.3. The summed E-state index contributed by atoms with van der Waals surface area (Å²) in [5.41, 5.74) is 0.600. The van der Waals surface area contributed by atoms with Crippen molar-refractivity contribution in [3.05, 3.63) is 27.7 Å². The highest BCUT2D eigenvalue weighted by molar-refractivity contribution is 9.10. The maximum absolute atomic E-state index is 11.7. The predicted molar refractivity (Wildman–Crippen MR) is 75.6 cm³/mol.